The van der Waals surface area contributed by atoms with Crippen molar-refractivity contribution >= 4 is 114 Å². The molecule has 0 spiro atoms. The lowest BCUT2D eigenvalue weighted by Crippen LogP contribution is -2.13. The summed E-state index contributed by atoms with van der Waals surface area (Å²) in [7, 11) is 0. The van der Waals surface area contributed by atoms with Crippen molar-refractivity contribution in [2.75, 3.05) is 0 Å². The highest BCUT2D eigenvalue weighted by molar-refractivity contribution is 7.26. The summed E-state index contributed by atoms with van der Waals surface area (Å²) in [6.07, 6.45) is 12.2. The summed E-state index contributed by atoms with van der Waals surface area (Å²) in [6, 6.07) is 24.9. The molecule has 10 aromatic rings. The summed E-state index contributed by atoms with van der Waals surface area (Å²) in [4.78, 5) is 13.5. The predicted octanol–water partition coefficient (Wildman–Crippen LogP) is 18.9. The maximum absolute atomic E-state index is 16.6. The molecule has 11 rings (SSSR count). The topological polar surface area (TPSA) is 51.6 Å². The molecule has 0 amide bonds. The smallest absolute Gasteiger partial charge is 0.134 e. The van der Waals surface area contributed by atoms with Crippen molar-refractivity contribution in [1.29, 1.82) is 0 Å². The minimum atomic E-state index is -0.320. The van der Waals surface area contributed by atoms with Crippen LogP contribution in [0.4, 0.5) is 8.78 Å². The Morgan fingerprint density at radius 1 is 0.431 bits per heavy atom. The van der Waals surface area contributed by atoms with Gasteiger partial charge in [0.25, 0.3) is 0 Å². The largest absolute Gasteiger partial charge is 0.206 e. The van der Waals surface area contributed by atoms with E-state index < -0.39 is 0 Å². The summed E-state index contributed by atoms with van der Waals surface area (Å²) in [5, 5.41) is 0. The number of hydrogen-bond donors (Lipinski definition) is 0. The molecule has 14 heteroatoms. The molecule has 1 aliphatic rings. The molecule has 0 saturated heterocycles. The first-order valence-corrected chi connectivity index (χ1v) is 28.6. The molecule has 4 nitrogen and oxygen atoms in total. The molecular formula is C51H44F2N4S8. The number of fused-ring (bicyclic) bond motifs is 5. The Kier molecular flexibility index (Phi) is 12.1. The molecule has 0 aliphatic heterocycles. The van der Waals surface area contributed by atoms with Gasteiger partial charge in [0.05, 0.1) is 34.6 Å². The van der Waals surface area contributed by atoms with Gasteiger partial charge in [-0.2, -0.15) is 17.5 Å². The number of thiophene rings is 6. The summed E-state index contributed by atoms with van der Waals surface area (Å²) < 4.78 is 52.0. The Labute approximate surface area is 410 Å². The molecule has 65 heavy (non-hydrogen) atoms. The van der Waals surface area contributed by atoms with Crippen LogP contribution < -0.4 is 0 Å². The Hall–Kier alpha value is -3.86. The highest BCUT2D eigenvalue weighted by atomic mass is 32.1. The maximum Gasteiger partial charge on any atom is 0.134 e. The highest BCUT2D eigenvalue weighted by Gasteiger charge is 2.40. The maximum atomic E-state index is 16.6. The molecule has 1 aliphatic carbocycles. The van der Waals surface area contributed by atoms with Crippen LogP contribution in [0.3, 0.4) is 0 Å². The fraction of sp³-hybridized carbons (Fsp3) is 0.294. The number of aromatic nitrogens is 4. The molecule has 2 aromatic carbocycles. The van der Waals surface area contributed by atoms with Gasteiger partial charge < -0.3 is 0 Å². The highest BCUT2D eigenvalue weighted by Crippen LogP contribution is 2.59. The first kappa shape index (κ1) is 43.7. The van der Waals surface area contributed by atoms with Crippen LogP contribution in [0.1, 0.15) is 99.9 Å². The van der Waals surface area contributed by atoms with Crippen LogP contribution in [-0.4, -0.2) is 17.5 Å². The molecule has 0 radical (unpaired) electrons. The van der Waals surface area contributed by atoms with Crippen molar-refractivity contribution in [3.8, 4) is 71.0 Å². The zero-order valence-electron chi connectivity index (χ0n) is 36.3. The van der Waals surface area contributed by atoms with Crippen LogP contribution in [0.5, 0.6) is 0 Å². The summed E-state index contributed by atoms with van der Waals surface area (Å²) in [6.45, 7) is 8.97. The number of nitrogens with zero attached hydrogens (tertiary/aromatic N) is 4. The summed E-state index contributed by atoms with van der Waals surface area (Å²) >= 11 is 12.5. The minimum absolute atomic E-state index is 0.290. The van der Waals surface area contributed by atoms with E-state index in [4.69, 9.17) is 17.5 Å². The standard InChI is InChI=1S/C51H44F2N4S8/c1-5-7-9-11-13-27-15-17-35(58-27)37-19-21-39(60-37)43-33(52)23-29(45-47(43)56-64-54-45)41-25-31-49(62-41)50-32(51(31,3)4)26-42(63-50)30-24-34(53)44(48-46(30)55-65-57-48)40-22-20-38(61-40)36-18-16-28(59-36)14-12-10-8-6-2/h15-26H,5-14H2,1-4H3. The van der Waals surface area contributed by atoms with E-state index in [9.17, 15) is 0 Å². The van der Waals surface area contributed by atoms with Gasteiger partial charge in [0.2, 0.25) is 0 Å². The van der Waals surface area contributed by atoms with Gasteiger partial charge in [-0.05, 0) is 110 Å². The third-order valence-corrected chi connectivity index (χ3v) is 21.0. The second-order valence-electron chi connectivity index (χ2n) is 17.3. The molecule has 330 valence electrons. The van der Waals surface area contributed by atoms with E-state index in [0.717, 1.165) is 97.5 Å². The van der Waals surface area contributed by atoms with Crippen LogP contribution >= 0.6 is 91.5 Å². The molecule has 0 saturated carbocycles. The summed E-state index contributed by atoms with van der Waals surface area (Å²) in [5.41, 5.74) is 7.31. The van der Waals surface area contributed by atoms with Crippen molar-refractivity contribution in [3.05, 3.63) is 105 Å². The molecule has 0 N–H and O–H groups in total. The zero-order chi connectivity index (χ0) is 44.4. The van der Waals surface area contributed by atoms with Gasteiger partial charge >= 0.3 is 0 Å². The Morgan fingerprint density at radius 3 is 1.28 bits per heavy atom. The third kappa shape index (κ3) is 7.93. The Balaban J connectivity index is 0.882. The number of aryl methyl sites for hydroxylation is 2. The number of unbranched alkanes of at least 4 members (excludes halogenated alkanes) is 6. The van der Waals surface area contributed by atoms with Crippen LogP contribution in [0, 0.1) is 11.6 Å². The average molecular weight is 1010 g/mol. The normalized spacial score (nSPS) is 13.2. The van der Waals surface area contributed by atoms with Crippen molar-refractivity contribution < 1.29 is 8.78 Å². The number of halogens is 2. The first-order chi connectivity index (χ1) is 31.7. The van der Waals surface area contributed by atoms with E-state index >= 15 is 8.78 Å². The van der Waals surface area contributed by atoms with Gasteiger partial charge in [-0.1, -0.05) is 66.2 Å². The lowest BCUT2D eigenvalue weighted by molar-refractivity contribution is 0.633. The van der Waals surface area contributed by atoms with Gasteiger partial charge in [-0.3, -0.25) is 0 Å². The fourth-order valence-corrected chi connectivity index (χ4v) is 17.4. The predicted molar refractivity (Wildman–Crippen MR) is 281 cm³/mol. The number of hydrogen-bond acceptors (Lipinski definition) is 12. The first-order valence-electron chi connectivity index (χ1n) is 22.3. The Bertz CT molecular complexity index is 3130. The van der Waals surface area contributed by atoms with Crippen LogP contribution in [0.15, 0.2) is 72.8 Å². The van der Waals surface area contributed by atoms with E-state index in [2.05, 4.69) is 76.2 Å². The van der Waals surface area contributed by atoms with Crippen molar-refractivity contribution in [2.24, 2.45) is 0 Å². The van der Waals surface area contributed by atoms with Crippen molar-refractivity contribution in [1.82, 2.24) is 17.5 Å². The number of rotatable bonds is 16. The molecular weight excluding hydrogens is 963 g/mol. The fourth-order valence-electron chi connectivity index (χ4n) is 9.07. The van der Waals surface area contributed by atoms with E-state index in [1.807, 2.05) is 34.8 Å². The monoisotopic (exact) mass is 1010 g/mol. The number of benzene rings is 2. The van der Waals surface area contributed by atoms with Gasteiger partial charge in [-0.15, -0.1) is 68.0 Å². The molecule has 0 atom stereocenters. The molecule has 8 aromatic heterocycles. The lowest BCUT2D eigenvalue weighted by Gasteiger charge is -2.19. The lowest BCUT2D eigenvalue weighted by atomic mass is 9.83. The molecule has 0 bridgehead atoms. The Morgan fingerprint density at radius 2 is 0.831 bits per heavy atom. The second-order valence-corrected chi connectivity index (χ2v) is 25.0. The molecule has 0 unspecified atom stereocenters. The van der Waals surface area contributed by atoms with Crippen LogP contribution in [0.25, 0.3) is 93.1 Å². The van der Waals surface area contributed by atoms with E-state index in [1.54, 1.807) is 57.5 Å². The average Bonchev–Trinajstić information content (AvgIpc) is 4.13. The van der Waals surface area contributed by atoms with Crippen molar-refractivity contribution in [3.63, 3.8) is 0 Å². The van der Waals surface area contributed by atoms with E-state index in [0.29, 0.717) is 22.2 Å². The molecule has 8 heterocycles. The quantitative estimate of drug-likeness (QED) is 0.0905. The SMILES string of the molecule is CCCCCCc1ccc(-c2ccc(-c3c(F)cc(-c4cc5c(s4)-c4sc(-c6cc(F)c(-c7ccc(-c8ccc(CCCCCC)s8)s7)c7nsnc67)cc4C5(C)C)c4nsnc34)s2)s1. The zero-order valence-corrected chi connectivity index (χ0v) is 42.8. The van der Waals surface area contributed by atoms with Crippen LogP contribution in [0.2, 0.25) is 0 Å². The van der Waals surface area contributed by atoms with E-state index in [-0.39, 0.29) is 17.0 Å². The summed E-state index contributed by atoms with van der Waals surface area (Å²) in [5.74, 6) is -0.579. The second kappa shape index (κ2) is 18.0. The van der Waals surface area contributed by atoms with Crippen molar-refractivity contribution in [2.45, 2.75) is 97.3 Å². The van der Waals surface area contributed by atoms with Gasteiger partial charge in [0, 0.05) is 75.1 Å². The van der Waals surface area contributed by atoms with Gasteiger partial charge in [-0.25, -0.2) is 8.78 Å². The van der Waals surface area contributed by atoms with E-state index in [1.165, 1.54) is 82.0 Å². The van der Waals surface area contributed by atoms with Gasteiger partial charge in [0.15, 0.2) is 0 Å². The molecule has 0 fully saturated rings. The van der Waals surface area contributed by atoms with Gasteiger partial charge in [0.1, 0.15) is 33.7 Å². The van der Waals surface area contributed by atoms with Crippen LogP contribution in [-0.2, 0) is 18.3 Å². The minimum Gasteiger partial charge on any atom is -0.206 e. The third-order valence-electron chi connectivity index (χ3n) is 12.6.